The summed E-state index contributed by atoms with van der Waals surface area (Å²) in [6, 6.07) is 19.4. The number of hydrogen-bond donors (Lipinski definition) is 2. The molecule has 2 amide bonds. The van der Waals surface area contributed by atoms with Gasteiger partial charge in [0.05, 0.1) is 45.3 Å². The molecular formula is C26H16Cl2F3N5O2S. The number of nitrogens with zero attached hydrogens (tertiary/aromatic N) is 3. The maximum Gasteiger partial charge on any atom is 0.573 e. The molecule has 5 aromatic rings. The summed E-state index contributed by atoms with van der Waals surface area (Å²) in [5.74, 6) is -0.304. The number of ether oxygens (including phenoxy) is 1. The average Bonchev–Trinajstić information content (AvgIpc) is 3.33. The number of benzene rings is 4. The van der Waals surface area contributed by atoms with Crippen LogP contribution < -0.4 is 14.8 Å². The first kappa shape index (κ1) is 26.7. The molecule has 1 heterocycles. The van der Waals surface area contributed by atoms with Crippen LogP contribution in [0.1, 0.15) is 5.56 Å². The van der Waals surface area contributed by atoms with E-state index >= 15 is 0 Å². The van der Waals surface area contributed by atoms with Gasteiger partial charge < -0.3 is 10.1 Å². The summed E-state index contributed by atoms with van der Waals surface area (Å²) in [7, 11) is 0. The third kappa shape index (κ3) is 6.22. The van der Waals surface area contributed by atoms with Crippen LogP contribution >= 0.6 is 35.3 Å². The predicted molar refractivity (Wildman–Crippen MR) is 149 cm³/mol. The van der Waals surface area contributed by atoms with Crippen molar-refractivity contribution in [2.24, 2.45) is 4.40 Å². The number of fused-ring (bicyclic) bond motifs is 3. The average molecular weight is 590 g/mol. The van der Waals surface area contributed by atoms with Crippen molar-refractivity contribution in [2.45, 2.75) is 6.36 Å². The second-order valence-electron chi connectivity index (χ2n) is 8.06. The molecule has 4 aromatic carbocycles. The van der Waals surface area contributed by atoms with Crippen molar-refractivity contribution in [1.29, 1.82) is 0 Å². The third-order valence-corrected chi connectivity index (χ3v) is 6.62. The Kier molecular flexibility index (Phi) is 7.56. The van der Waals surface area contributed by atoms with Gasteiger partial charge in [-0.15, -0.1) is 13.2 Å². The SMILES string of the molecule is O=C(NS/N=C/c1ccc2c(ccc3c2cnn3-c2ccc(OC(F)(F)F)cc2)c1)Nc1c(Cl)cccc1Cl. The molecule has 198 valence electrons. The van der Waals surface area contributed by atoms with Gasteiger partial charge in [-0.2, -0.15) is 5.10 Å². The molecule has 0 fully saturated rings. The fraction of sp³-hybridized carbons (Fsp3) is 0.0385. The monoisotopic (exact) mass is 589 g/mol. The Bertz CT molecular complexity index is 1690. The first-order valence-corrected chi connectivity index (χ1v) is 12.7. The minimum Gasteiger partial charge on any atom is -0.406 e. The highest BCUT2D eigenvalue weighted by Gasteiger charge is 2.31. The molecule has 0 unspecified atom stereocenters. The van der Waals surface area contributed by atoms with Crippen LogP contribution in [0.25, 0.3) is 27.4 Å². The molecule has 0 aliphatic carbocycles. The van der Waals surface area contributed by atoms with Crippen molar-refractivity contribution in [3.63, 3.8) is 0 Å². The number of anilines is 1. The Hall–Kier alpha value is -3.93. The molecule has 0 saturated carbocycles. The van der Waals surface area contributed by atoms with Crippen LogP contribution in [-0.2, 0) is 0 Å². The van der Waals surface area contributed by atoms with Crippen molar-refractivity contribution in [2.75, 3.05) is 5.32 Å². The first-order chi connectivity index (χ1) is 18.7. The molecule has 0 atom stereocenters. The van der Waals surface area contributed by atoms with Crippen molar-refractivity contribution in [3.8, 4) is 11.4 Å². The number of urea groups is 1. The zero-order valence-corrected chi connectivity index (χ0v) is 21.9. The Morgan fingerprint density at radius 2 is 1.74 bits per heavy atom. The van der Waals surface area contributed by atoms with Gasteiger partial charge in [-0.1, -0.05) is 47.5 Å². The van der Waals surface area contributed by atoms with Crippen LogP contribution in [0.15, 0.2) is 83.4 Å². The van der Waals surface area contributed by atoms with E-state index in [9.17, 15) is 18.0 Å². The molecule has 13 heteroatoms. The summed E-state index contributed by atoms with van der Waals surface area (Å²) in [5, 5.41) is 10.4. The summed E-state index contributed by atoms with van der Waals surface area (Å²) >= 11 is 12.9. The van der Waals surface area contributed by atoms with E-state index < -0.39 is 12.4 Å². The molecule has 0 saturated heterocycles. The molecule has 0 spiro atoms. The highest BCUT2D eigenvalue weighted by molar-refractivity contribution is 7.96. The Morgan fingerprint density at radius 3 is 2.46 bits per heavy atom. The van der Waals surface area contributed by atoms with E-state index in [-0.39, 0.29) is 5.75 Å². The van der Waals surface area contributed by atoms with Crippen LogP contribution in [0.4, 0.5) is 23.7 Å². The van der Waals surface area contributed by atoms with E-state index in [0.717, 1.165) is 39.4 Å². The fourth-order valence-corrected chi connectivity index (χ4v) is 4.70. The van der Waals surface area contributed by atoms with E-state index in [2.05, 4.69) is 24.3 Å². The zero-order valence-electron chi connectivity index (χ0n) is 19.5. The highest BCUT2D eigenvalue weighted by Crippen LogP contribution is 2.31. The maximum absolute atomic E-state index is 12.4. The second kappa shape index (κ2) is 11.0. The van der Waals surface area contributed by atoms with Crippen LogP contribution in [0.5, 0.6) is 5.75 Å². The van der Waals surface area contributed by atoms with Crippen molar-refractivity contribution < 1.29 is 22.7 Å². The lowest BCUT2D eigenvalue weighted by atomic mass is 10.0. The number of halogens is 5. The van der Waals surface area contributed by atoms with Crippen LogP contribution in [0.3, 0.4) is 0 Å². The standard InChI is InChI=1S/C26H16Cl2F3N5O2S/c27-21-2-1-3-22(28)24(21)34-25(37)35-39-33-13-15-4-10-19-16(12-15)5-11-23-20(19)14-32-36(23)17-6-8-18(9-7-17)38-26(29,30)31/h1-14H,(H2,34,35,37)/b33-13+. The number of hydrogen-bond acceptors (Lipinski definition) is 5. The molecule has 39 heavy (non-hydrogen) atoms. The number of rotatable bonds is 6. The minimum absolute atomic E-state index is 0.304. The van der Waals surface area contributed by atoms with Gasteiger partial charge in [0.2, 0.25) is 0 Å². The number of carbonyl (C=O) groups excluding carboxylic acids is 1. The Morgan fingerprint density at radius 1 is 1.00 bits per heavy atom. The normalized spacial score (nSPS) is 11.8. The minimum atomic E-state index is -4.75. The maximum atomic E-state index is 12.4. The van der Waals surface area contributed by atoms with Gasteiger partial charge in [0, 0.05) is 11.6 Å². The molecule has 0 aliphatic heterocycles. The summed E-state index contributed by atoms with van der Waals surface area (Å²) in [5.41, 5.74) is 2.49. The highest BCUT2D eigenvalue weighted by atomic mass is 35.5. The van der Waals surface area contributed by atoms with Crippen LogP contribution in [0.2, 0.25) is 10.0 Å². The fourth-order valence-electron chi connectivity index (χ4n) is 3.85. The lowest BCUT2D eigenvalue weighted by Crippen LogP contribution is -2.22. The van der Waals surface area contributed by atoms with Gasteiger partial charge in [0.1, 0.15) is 5.75 Å². The largest absolute Gasteiger partial charge is 0.573 e. The van der Waals surface area contributed by atoms with Gasteiger partial charge in [-0.05, 0) is 64.9 Å². The third-order valence-electron chi connectivity index (χ3n) is 5.50. The summed E-state index contributed by atoms with van der Waals surface area (Å²) in [6.45, 7) is 0. The number of nitrogens with one attached hydrogen (secondary N) is 2. The molecule has 2 N–H and O–H groups in total. The quantitative estimate of drug-likeness (QED) is 0.154. The first-order valence-electron chi connectivity index (χ1n) is 11.1. The number of amides is 2. The molecule has 0 bridgehead atoms. The predicted octanol–water partition coefficient (Wildman–Crippen LogP) is 8.19. The Balaban J connectivity index is 1.27. The van der Waals surface area contributed by atoms with Crippen LogP contribution in [0, 0.1) is 0 Å². The van der Waals surface area contributed by atoms with Gasteiger partial charge in [-0.25, -0.2) is 13.9 Å². The molecule has 7 nitrogen and oxygen atoms in total. The molecule has 1 aromatic heterocycles. The smallest absolute Gasteiger partial charge is 0.406 e. The molecule has 5 rings (SSSR count). The number of aromatic nitrogens is 2. The molecule has 0 aliphatic rings. The Labute approximate surface area is 233 Å². The summed E-state index contributed by atoms with van der Waals surface area (Å²) < 4.78 is 49.6. The van der Waals surface area contributed by atoms with Crippen molar-refractivity contribution in [1.82, 2.24) is 14.5 Å². The van der Waals surface area contributed by atoms with Gasteiger partial charge in [0.25, 0.3) is 0 Å². The van der Waals surface area contributed by atoms with Gasteiger partial charge in [0.15, 0.2) is 0 Å². The van der Waals surface area contributed by atoms with Crippen LogP contribution in [-0.4, -0.2) is 28.4 Å². The molecular weight excluding hydrogens is 574 g/mol. The second-order valence-corrected chi connectivity index (χ2v) is 9.47. The van der Waals surface area contributed by atoms with Gasteiger partial charge in [-0.3, -0.25) is 4.72 Å². The summed E-state index contributed by atoms with van der Waals surface area (Å²) in [4.78, 5) is 12.1. The van der Waals surface area contributed by atoms with E-state index in [0.29, 0.717) is 21.4 Å². The van der Waals surface area contributed by atoms with E-state index in [1.54, 1.807) is 35.3 Å². The number of carbonyl (C=O) groups is 1. The summed E-state index contributed by atoms with van der Waals surface area (Å²) in [6.07, 6.45) is -1.45. The topological polar surface area (TPSA) is 80.5 Å². The number of para-hydroxylation sites is 1. The van der Waals surface area contributed by atoms with E-state index in [4.69, 9.17) is 23.2 Å². The van der Waals surface area contributed by atoms with Gasteiger partial charge >= 0.3 is 12.4 Å². The van der Waals surface area contributed by atoms with Crippen molar-refractivity contribution >= 4 is 74.9 Å². The van der Waals surface area contributed by atoms with E-state index in [1.807, 2.05) is 30.3 Å². The lowest BCUT2D eigenvalue weighted by Gasteiger charge is -2.10. The van der Waals surface area contributed by atoms with Crippen molar-refractivity contribution in [3.05, 3.63) is 94.6 Å². The van der Waals surface area contributed by atoms with E-state index in [1.165, 1.54) is 24.3 Å². The molecule has 0 radical (unpaired) electrons. The number of alkyl halides is 3. The lowest BCUT2D eigenvalue weighted by molar-refractivity contribution is -0.274. The zero-order chi connectivity index (χ0) is 27.6.